The zero-order chi connectivity index (χ0) is 23.1. The molecular formula is C21H20N4O6S. The zero-order valence-electron chi connectivity index (χ0n) is 17.2. The first-order valence-electron chi connectivity index (χ1n) is 9.21. The van der Waals surface area contributed by atoms with Crippen LogP contribution < -0.4 is 19.6 Å². The quantitative estimate of drug-likeness (QED) is 0.284. The molecule has 0 fully saturated rings. The third-order valence-electron chi connectivity index (χ3n) is 4.32. The molecule has 0 amide bonds. The Labute approximate surface area is 184 Å². The van der Waals surface area contributed by atoms with Crippen molar-refractivity contribution >= 4 is 33.3 Å². The van der Waals surface area contributed by atoms with E-state index in [1.807, 2.05) is 0 Å². The van der Waals surface area contributed by atoms with Crippen molar-refractivity contribution in [1.82, 2.24) is 0 Å². The van der Waals surface area contributed by atoms with Crippen LogP contribution in [0.4, 0.5) is 17.1 Å². The molecule has 0 aromatic heterocycles. The molecule has 3 aromatic carbocycles. The van der Waals surface area contributed by atoms with Crippen LogP contribution in [0.5, 0.6) is 11.5 Å². The molecule has 0 spiro atoms. The lowest BCUT2D eigenvalue weighted by Crippen LogP contribution is -2.14. The summed E-state index contributed by atoms with van der Waals surface area (Å²) in [7, 11) is -1.16. The maximum atomic E-state index is 12.8. The van der Waals surface area contributed by atoms with Crippen LogP contribution in [0.3, 0.4) is 0 Å². The second kappa shape index (κ2) is 9.79. The Hall–Kier alpha value is -4.12. The topological polar surface area (TPSA) is 132 Å². The van der Waals surface area contributed by atoms with Gasteiger partial charge < -0.3 is 9.47 Å². The molecule has 2 N–H and O–H groups in total. The first-order chi connectivity index (χ1) is 15.3. The van der Waals surface area contributed by atoms with Gasteiger partial charge in [-0.05, 0) is 42.0 Å². The Morgan fingerprint density at radius 1 is 0.969 bits per heavy atom. The number of nitrogens with zero attached hydrogens (tertiary/aromatic N) is 2. The van der Waals surface area contributed by atoms with Gasteiger partial charge in [0.15, 0.2) is 0 Å². The number of nitro groups is 1. The van der Waals surface area contributed by atoms with Gasteiger partial charge in [0.2, 0.25) is 0 Å². The number of methoxy groups -OCH3 is 2. The van der Waals surface area contributed by atoms with E-state index in [1.54, 1.807) is 42.5 Å². The van der Waals surface area contributed by atoms with Gasteiger partial charge in [-0.15, -0.1) is 0 Å². The molecule has 3 aromatic rings. The van der Waals surface area contributed by atoms with Crippen LogP contribution in [-0.2, 0) is 10.0 Å². The third-order valence-corrected chi connectivity index (χ3v) is 5.68. The lowest BCUT2D eigenvalue weighted by Gasteiger charge is -2.12. The second-order valence-corrected chi connectivity index (χ2v) is 8.07. The van der Waals surface area contributed by atoms with Crippen LogP contribution in [0.2, 0.25) is 0 Å². The molecule has 32 heavy (non-hydrogen) atoms. The molecule has 0 saturated carbocycles. The van der Waals surface area contributed by atoms with Crippen LogP contribution in [0, 0.1) is 10.1 Å². The normalized spacial score (nSPS) is 11.2. The molecule has 3 rings (SSSR count). The summed E-state index contributed by atoms with van der Waals surface area (Å²) in [5.74, 6) is 0.952. The van der Waals surface area contributed by atoms with Crippen molar-refractivity contribution in [3.63, 3.8) is 0 Å². The molecular weight excluding hydrogens is 436 g/mol. The monoisotopic (exact) mass is 456 g/mol. The van der Waals surface area contributed by atoms with Crippen LogP contribution in [-0.4, -0.2) is 33.8 Å². The number of nitro benzene ring substituents is 1. The molecule has 166 valence electrons. The van der Waals surface area contributed by atoms with Crippen molar-refractivity contribution < 1.29 is 22.8 Å². The maximum Gasteiger partial charge on any atom is 0.295 e. The van der Waals surface area contributed by atoms with Gasteiger partial charge in [0, 0.05) is 6.07 Å². The van der Waals surface area contributed by atoms with Gasteiger partial charge in [-0.2, -0.15) is 5.10 Å². The average molecular weight is 456 g/mol. The van der Waals surface area contributed by atoms with Crippen LogP contribution >= 0.6 is 0 Å². The SMILES string of the molecule is COc1cccc(C=NNc2ccc(S(=O)(=O)Nc3ccccc3OC)cc2[N+](=O)[O-])c1. The largest absolute Gasteiger partial charge is 0.497 e. The number of para-hydroxylation sites is 2. The van der Waals surface area contributed by atoms with Crippen molar-refractivity contribution in [3.8, 4) is 11.5 Å². The van der Waals surface area contributed by atoms with Crippen molar-refractivity contribution in [1.29, 1.82) is 0 Å². The molecule has 0 heterocycles. The fraction of sp³-hybridized carbons (Fsp3) is 0.0952. The fourth-order valence-corrected chi connectivity index (χ4v) is 3.84. The first-order valence-corrected chi connectivity index (χ1v) is 10.7. The van der Waals surface area contributed by atoms with E-state index in [0.29, 0.717) is 17.1 Å². The van der Waals surface area contributed by atoms with Crippen LogP contribution in [0.15, 0.2) is 76.7 Å². The third kappa shape index (κ3) is 5.32. The van der Waals surface area contributed by atoms with E-state index in [-0.39, 0.29) is 16.3 Å². The van der Waals surface area contributed by atoms with Gasteiger partial charge in [-0.3, -0.25) is 20.3 Å². The Balaban J connectivity index is 1.85. The smallest absolute Gasteiger partial charge is 0.295 e. The number of rotatable bonds is 9. The number of hydrazone groups is 1. The van der Waals surface area contributed by atoms with Gasteiger partial charge in [0.05, 0.1) is 35.9 Å². The second-order valence-electron chi connectivity index (χ2n) is 6.39. The minimum atomic E-state index is -4.10. The summed E-state index contributed by atoms with van der Waals surface area (Å²) < 4.78 is 38.2. The van der Waals surface area contributed by atoms with Crippen molar-refractivity contribution in [2.75, 3.05) is 24.4 Å². The summed E-state index contributed by atoms with van der Waals surface area (Å²) in [5, 5.41) is 15.5. The number of anilines is 2. The first kappa shape index (κ1) is 22.6. The van der Waals surface area contributed by atoms with Crippen molar-refractivity contribution in [2.24, 2.45) is 5.10 Å². The van der Waals surface area contributed by atoms with E-state index in [1.165, 1.54) is 38.6 Å². The molecule has 11 heteroatoms. The van der Waals surface area contributed by atoms with E-state index in [4.69, 9.17) is 9.47 Å². The predicted octanol–water partition coefficient (Wildman–Crippen LogP) is 3.86. The summed E-state index contributed by atoms with van der Waals surface area (Å²) in [5.41, 5.74) is 3.08. The number of hydrogen-bond donors (Lipinski definition) is 2. The summed E-state index contributed by atoms with van der Waals surface area (Å²) in [6, 6.07) is 17.0. The van der Waals surface area contributed by atoms with Gasteiger partial charge in [-0.1, -0.05) is 24.3 Å². The summed E-state index contributed by atoms with van der Waals surface area (Å²) >= 11 is 0. The van der Waals surface area contributed by atoms with Gasteiger partial charge in [0.1, 0.15) is 17.2 Å². The van der Waals surface area contributed by atoms with E-state index in [2.05, 4.69) is 15.2 Å². The molecule has 0 atom stereocenters. The number of nitrogens with one attached hydrogen (secondary N) is 2. The molecule has 0 saturated heterocycles. The summed E-state index contributed by atoms with van der Waals surface area (Å²) in [6.45, 7) is 0. The highest BCUT2D eigenvalue weighted by Gasteiger charge is 2.22. The Bertz CT molecular complexity index is 1260. The van der Waals surface area contributed by atoms with E-state index in [0.717, 1.165) is 6.07 Å². The van der Waals surface area contributed by atoms with E-state index < -0.39 is 20.6 Å². The Morgan fingerprint density at radius 2 is 1.75 bits per heavy atom. The summed E-state index contributed by atoms with van der Waals surface area (Å²) in [4.78, 5) is 10.6. The van der Waals surface area contributed by atoms with Crippen LogP contribution in [0.25, 0.3) is 0 Å². The van der Waals surface area contributed by atoms with Crippen LogP contribution in [0.1, 0.15) is 5.56 Å². The highest BCUT2D eigenvalue weighted by molar-refractivity contribution is 7.92. The Kier molecular flexibility index (Phi) is 6.90. The maximum absolute atomic E-state index is 12.8. The van der Waals surface area contributed by atoms with Gasteiger partial charge in [0.25, 0.3) is 15.7 Å². The van der Waals surface area contributed by atoms with E-state index in [9.17, 15) is 18.5 Å². The highest BCUT2D eigenvalue weighted by Crippen LogP contribution is 2.30. The number of sulfonamides is 1. The van der Waals surface area contributed by atoms with Crippen molar-refractivity contribution in [3.05, 3.63) is 82.4 Å². The van der Waals surface area contributed by atoms with E-state index >= 15 is 0 Å². The molecule has 10 nitrogen and oxygen atoms in total. The molecule has 0 unspecified atom stereocenters. The van der Waals surface area contributed by atoms with Gasteiger partial charge in [-0.25, -0.2) is 8.42 Å². The minimum Gasteiger partial charge on any atom is -0.497 e. The number of benzene rings is 3. The molecule has 0 aliphatic rings. The molecule has 0 aliphatic carbocycles. The predicted molar refractivity (Wildman–Crippen MR) is 121 cm³/mol. The zero-order valence-corrected chi connectivity index (χ0v) is 18.0. The van der Waals surface area contributed by atoms with Crippen molar-refractivity contribution in [2.45, 2.75) is 4.90 Å². The minimum absolute atomic E-state index is 0.0328. The number of hydrogen-bond acceptors (Lipinski definition) is 8. The van der Waals surface area contributed by atoms with Gasteiger partial charge >= 0.3 is 0 Å². The lowest BCUT2D eigenvalue weighted by molar-refractivity contribution is -0.384. The summed E-state index contributed by atoms with van der Waals surface area (Å²) in [6.07, 6.45) is 1.46. The Morgan fingerprint density at radius 3 is 2.47 bits per heavy atom. The number of ether oxygens (including phenoxy) is 2. The molecule has 0 radical (unpaired) electrons. The molecule has 0 bridgehead atoms. The lowest BCUT2D eigenvalue weighted by atomic mass is 10.2. The fourth-order valence-electron chi connectivity index (χ4n) is 2.76. The standard InChI is InChI=1S/C21H20N4O6S/c1-30-16-7-5-6-15(12-16)14-22-23-18-11-10-17(13-20(18)25(26)27)32(28,29)24-19-8-3-4-9-21(19)31-2/h3-14,23-24H,1-2H3. The average Bonchev–Trinajstić information content (AvgIpc) is 2.79. The molecule has 0 aliphatic heterocycles. The highest BCUT2D eigenvalue weighted by atomic mass is 32.2.